The van der Waals surface area contributed by atoms with E-state index in [1.54, 1.807) is 19.3 Å². The largest absolute Gasteiger partial charge is 0.507 e. The minimum Gasteiger partial charge on any atom is -0.507 e. The number of aliphatic imine (C=N–C) groups is 1. The van der Waals surface area contributed by atoms with Crippen LogP contribution >= 0.6 is 0 Å². The summed E-state index contributed by atoms with van der Waals surface area (Å²) in [4.78, 5) is 15.6. The zero-order chi connectivity index (χ0) is 19.0. The quantitative estimate of drug-likeness (QED) is 0.486. The Labute approximate surface area is 157 Å². The summed E-state index contributed by atoms with van der Waals surface area (Å²) in [6.07, 6.45) is 2.64. The molecule has 1 aromatic carbocycles. The van der Waals surface area contributed by atoms with E-state index in [0.717, 1.165) is 41.9 Å². The molecule has 0 radical (unpaired) electrons. The van der Waals surface area contributed by atoms with Crippen LogP contribution in [0.25, 0.3) is 22.3 Å². The molecule has 3 aromatic rings. The monoisotopic (exact) mass is 362 g/mol. The molecule has 1 aliphatic heterocycles. The molecule has 1 atom stereocenters. The maximum Gasteiger partial charge on any atom is 0.129 e. The zero-order valence-corrected chi connectivity index (χ0v) is 15.1. The fraction of sp³-hybridized carbons (Fsp3) is 0.250. The van der Waals surface area contributed by atoms with Crippen molar-refractivity contribution in [1.29, 1.82) is 0 Å². The number of pyridine rings is 2. The topological polar surface area (TPSA) is 114 Å². The van der Waals surface area contributed by atoms with Gasteiger partial charge in [0.1, 0.15) is 11.6 Å². The highest BCUT2D eigenvalue weighted by molar-refractivity contribution is 5.91. The van der Waals surface area contributed by atoms with Crippen molar-refractivity contribution in [1.82, 2.24) is 9.97 Å². The maximum atomic E-state index is 10.3. The summed E-state index contributed by atoms with van der Waals surface area (Å²) in [5.74, 6) is 1.00. The van der Waals surface area contributed by atoms with Gasteiger partial charge in [-0.3, -0.25) is 4.99 Å². The molecule has 7 nitrogen and oxygen atoms in total. The van der Waals surface area contributed by atoms with Crippen LogP contribution in [0.4, 0.5) is 11.5 Å². The average Bonchev–Trinajstić information content (AvgIpc) is 3.09. The van der Waals surface area contributed by atoms with E-state index in [2.05, 4.69) is 14.9 Å². The third-order valence-corrected chi connectivity index (χ3v) is 4.82. The highest BCUT2D eigenvalue weighted by atomic mass is 16.3. The average molecular weight is 362 g/mol. The van der Waals surface area contributed by atoms with Crippen LogP contribution < -0.4 is 16.4 Å². The summed E-state index contributed by atoms with van der Waals surface area (Å²) >= 11 is 0. The fourth-order valence-electron chi connectivity index (χ4n) is 3.40. The number of aromatic hydroxyl groups is 1. The number of benzene rings is 1. The van der Waals surface area contributed by atoms with Crippen LogP contribution in [0.2, 0.25) is 0 Å². The van der Waals surface area contributed by atoms with Crippen molar-refractivity contribution in [3.05, 3.63) is 42.0 Å². The number of nitrogen functional groups attached to an aromatic ring is 1. The summed E-state index contributed by atoms with van der Waals surface area (Å²) in [6, 6.07) is 11.2. The lowest BCUT2D eigenvalue weighted by Crippen LogP contribution is -2.26. The lowest BCUT2D eigenvalue weighted by molar-refractivity contribution is 0.477. The van der Waals surface area contributed by atoms with Gasteiger partial charge in [0.15, 0.2) is 0 Å². The number of fused-ring (bicyclic) bond motifs is 1. The Kier molecular flexibility index (Phi) is 4.37. The van der Waals surface area contributed by atoms with E-state index in [-0.39, 0.29) is 11.8 Å². The Balaban J connectivity index is 1.73. The van der Waals surface area contributed by atoms with Crippen LogP contribution in [0.3, 0.4) is 0 Å². The molecule has 0 bridgehead atoms. The van der Waals surface area contributed by atoms with Gasteiger partial charge < -0.3 is 21.5 Å². The molecule has 3 heterocycles. The number of hydrogen-bond acceptors (Lipinski definition) is 7. The van der Waals surface area contributed by atoms with Gasteiger partial charge in [-0.05, 0) is 36.8 Å². The SMILES string of the molecule is CN=Cc1cc(-c2ccc3nc(N4CC[C@H](N)C4)ccc3n2)c(O)cc1N. The van der Waals surface area contributed by atoms with Gasteiger partial charge in [-0.1, -0.05) is 0 Å². The Morgan fingerprint density at radius 1 is 1.19 bits per heavy atom. The molecule has 2 aromatic heterocycles. The van der Waals surface area contributed by atoms with Crippen LogP contribution in [0.15, 0.2) is 41.4 Å². The van der Waals surface area contributed by atoms with Crippen molar-refractivity contribution in [2.75, 3.05) is 30.8 Å². The van der Waals surface area contributed by atoms with E-state index >= 15 is 0 Å². The third kappa shape index (κ3) is 3.29. The lowest BCUT2D eigenvalue weighted by Gasteiger charge is -2.17. The van der Waals surface area contributed by atoms with Crippen molar-refractivity contribution >= 4 is 28.8 Å². The highest BCUT2D eigenvalue weighted by Crippen LogP contribution is 2.33. The number of nitrogens with zero attached hydrogens (tertiary/aromatic N) is 4. The van der Waals surface area contributed by atoms with E-state index in [1.807, 2.05) is 24.3 Å². The first-order valence-corrected chi connectivity index (χ1v) is 8.88. The molecule has 1 saturated heterocycles. The molecule has 0 spiro atoms. The van der Waals surface area contributed by atoms with E-state index in [4.69, 9.17) is 16.5 Å². The molecule has 138 valence electrons. The molecule has 5 N–H and O–H groups in total. The van der Waals surface area contributed by atoms with E-state index in [0.29, 0.717) is 16.9 Å². The Morgan fingerprint density at radius 3 is 2.70 bits per heavy atom. The standard InChI is InChI=1S/C20H22N6O/c1-23-10-12-8-14(19(27)9-15(12)22)16-2-3-18-17(24-16)4-5-20(25-18)26-7-6-13(21)11-26/h2-5,8-10,13,27H,6-7,11,21-22H2,1H3/t13-/m0/s1. The number of aromatic nitrogens is 2. The van der Waals surface area contributed by atoms with E-state index < -0.39 is 0 Å². The summed E-state index contributed by atoms with van der Waals surface area (Å²) in [7, 11) is 1.68. The van der Waals surface area contributed by atoms with Gasteiger partial charge in [0.25, 0.3) is 0 Å². The van der Waals surface area contributed by atoms with Crippen molar-refractivity contribution in [2.45, 2.75) is 12.5 Å². The minimum absolute atomic E-state index is 0.0863. The molecule has 4 rings (SSSR count). The van der Waals surface area contributed by atoms with Crippen LogP contribution in [-0.2, 0) is 0 Å². The van der Waals surface area contributed by atoms with Gasteiger partial charge in [-0.2, -0.15) is 0 Å². The van der Waals surface area contributed by atoms with Crippen molar-refractivity contribution in [3.8, 4) is 17.0 Å². The second kappa shape index (κ2) is 6.85. The van der Waals surface area contributed by atoms with Crippen molar-refractivity contribution in [2.24, 2.45) is 10.7 Å². The van der Waals surface area contributed by atoms with Crippen LogP contribution in [-0.4, -0.2) is 47.5 Å². The Bertz CT molecular complexity index is 1030. The molecule has 0 aliphatic carbocycles. The van der Waals surface area contributed by atoms with Crippen molar-refractivity contribution in [3.63, 3.8) is 0 Å². The normalized spacial score (nSPS) is 17.3. The zero-order valence-electron chi connectivity index (χ0n) is 15.1. The van der Waals surface area contributed by atoms with Gasteiger partial charge in [-0.25, -0.2) is 9.97 Å². The summed E-state index contributed by atoms with van der Waals surface area (Å²) in [6.45, 7) is 1.75. The van der Waals surface area contributed by atoms with E-state index in [1.165, 1.54) is 6.07 Å². The summed E-state index contributed by atoms with van der Waals surface area (Å²) in [5, 5.41) is 10.3. The molecule has 1 aliphatic rings. The number of hydrogen-bond donors (Lipinski definition) is 3. The van der Waals surface area contributed by atoms with E-state index in [9.17, 15) is 5.11 Å². The number of nitrogens with two attached hydrogens (primary N) is 2. The molecular formula is C20H22N6O. The van der Waals surface area contributed by atoms with Crippen molar-refractivity contribution < 1.29 is 5.11 Å². The smallest absolute Gasteiger partial charge is 0.129 e. The molecular weight excluding hydrogens is 340 g/mol. The first-order valence-electron chi connectivity index (χ1n) is 8.88. The minimum atomic E-state index is 0.0863. The molecule has 0 unspecified atom stereocenters. The van der Waals surface area contributed by atoms with Crippen LogP contribution in [0.1, 0.15) is 12.0 Å². The number of anilines is 2. The number of rotatable bonds is 3. The first-order chi connectivity index (χ1) is 13.0. The molecule has 27 heavy (non-hydrogen) atoms. The predicted molar refractivity (Wildman–Crippen MR) is 109 cm³/mol. The summed E-state index contributed by atoms with van der Waals surface area (Å²) in [5.41, 5.74) is 16.0. The Morgan fingerprint density at radius 2 is 1.96 bits per heavy atom. The third-order valence-electron chi connectivity index (χ3n) is 4.82. The predicted octanol–water partition coefficient (Wildman–Crippen LogP) is 2.17. The van der Waals surface area contributed by atoms with Gasteiger partial charge in [0, 0.05) is 55.3 Å². The number of phenols is 1. The molecule has 7 heteroatoms. The first kappa shape index (κ1) is 17.2. The van der Waals surface area contributed by atoms with Crippen LogP contribution in [0.5, 0.6) is 5.75 Å². The maximum absolute atomic E-state index is 10.3. The molecule has 0 amide bonds. The van der Waals surface area contributed by atoms with Gasteiger partial charge >= 0.3 is 0 Å². The van der Waals surface area contributed by atoms with Gasteiger partial charge in [0.2, 0.25) is 0 Å². The van der Waals surface area contributed by atoms with Gasteiger partial charge in [-0.15, -0.1) is 0 Å². The second-order valence-corrected chi connectivity index (χ2v) is 6.78. The molecule has 1 fully saturated rings. The van der Waals surface area contributed by atoms with Crippen LogP contribution in [0, 0.1) is 0 Å². The molecule has 0 saturated carbocycles. The Hall–Kier alpha value is -3.19. The second-order valence-electron chi connectivity index (χ2n) is 6.78. The lowest BCUT2D eigenvalue weighted by atomic mass is 10.0. The fourth-order valence-corrected chi connectivity index (χ4v) is 3.40. The summed E-state index contributed by atoms with van der Waals surface area (Å²) < 4.78 is 0. The van der Waals surface area contributed by atoms with Gasteiger partial charge in [0.05, 0.1) is 16.7 Å². The number of phenolic OH excluding ortho intramolecular Hbond substituents is 1. The highest BCUT2D eigenvalue weighted by Gasteiger charge is 2.20.